The summed E-state index contributed by atoms with van der Waals surface area (Å²) in [5, 5.41) is 3.01. The average molecular weight is 346 g/mol. The number of nitrogens with zero attached hydrogens (tertiary/aromatic N) is 1. The fraction of sp³-hybridized carbons (Fsp3) is 0.556. The Morgan fingerprint density at radius 1 is 1.32 bits per heavy atom. The van der Waals surface area contributed by atoms with E-state index >= 15 is 0 Å². The highest BCUT2D eigenvalue weighted by Crippen LogP contribution is 2.37. The summed E-state index contributed by atoms with van der Waals surface area (Å²) < 4.78 is 16.3. The highest BCUT2D eigenvalue weighted by atomic mass is 16.7. The van der Waals surface area contributed by atoms with Gasteiger partial charge in [-0.2, -0.15) is 0 Å². The van der Waals surface area contributed by atoms with Crippen LogP contribution in [-0.2, 0) is 14.3 Å². The smallest absolute Gasteiger partial charge is 0.231 e. The minimum atomic E-state index is -0.346. The van der Waals surface area contributed by atoms with Crippen molar-refractivity contribution < 1.29 is 23.8 Å². The number of benzene rings is 1. The van der Waals surface area contributed by atoms with E-state index in [0.717, 1.165) is 25.1 Å². The molecule has 0 aromatic heterocycles. The van der Waals surface area contributed by atoms with Crippen molar-refractivity contribution in [3.05, 3.63) is 18.2 Å². The van der Waals surface area contributed by atoms with E-state index in [9.17, 15) is 9.59 Å². The molecule has 1 aromatic carbocycles. The first-order valence-electron chi connectivity index (χ1n) is 8.74. The van der Waals surface area contributed by atoms with Crippen LogP contribution in [0.3, 0.4) is 0 Å². The molecule has 3 aliphatic heterocycles. The fourth-order valence-electron chi connectivity index (χ4n) is 3.62. The van der Waals surface area contributed by atoms with Gasteiger partial charge in [-0.15, -0.1) is 0 Å². The monoisotopic (exact) mass is 346 g/mol. The lowest BCUT2D eigenvalue weighted by Gasteiger charge is -2.22. The van der Waals surface area contributed by atoms with E-state index in [1.807, 2.05) is 13.0 Å². The number of rotatable bonds is 4. The number of nitrogens with one attached hydrogen (secondary N) is 1. The molecule has 25 heavy (non-hydrogen) atoms. The predicted octanol–water partition coefficient (Wildman–Crippen LogP) is 1.45. The highest BCUT2D eigenvalue weighted by molar-refractivity contribution is 6.00. The number of carbonyl (C=O) groups excluding carboxylic acids is 2. The summed E-state index contributed by atoms with van der Waals surface area (Å²) in [6.45, 7) is 3.28. The van der Waals surface area contributed by atoms with Gasteiger partial charge in [0.1, 0.15) is 0 Å². The van der Waals surface area contributed by atoms with E-state index in [4.69, 9.17) is 14.2 Å². The van der Waals surface area contributed by atoms with Gasteiger partial charge in [-0.05, 0) is 31.9 Å². The van der Waals surface area contributed by atoms with E-state index in [-0.39, 0.29) is 43.1 Å². The third-order valence-electron chi connectivity index (χ3n) is 5.06. The maximum Gasteiger partial charge on any atom is 0.231 e. The van der Waals surface area contributed by atoms with Crippen LogP contribution in [0.1, 0.15) is 26.2 Å². The van der Waals surface area contributed by atoms with Crippen LogP contribution in [0, 0.1) is 5.92 Å². The quantitative estimate of drug-likeness (QED) is 0.893. The first-order valence-corrected chi connectivity index (χ1v) is 8.74. The van der Waals surface area contributed by atoms with Gasteiger partial charge in [0.2, 0.25) is 18.6 Å². The van der Waals surface area contributed by atoms with Crippen molar-refractivity contribution >= 4 is 17.5 Å². The molecule has 0 saturated carbocycles. The molecular weight excluding hydrogens is 324 g/mol. The maximum absolute atomic E-state index is 12.5. The molecule has 134 valence electrons. The van der Waals surface area contributed by atoms with Gasteiger partial charge in [0.25, 0.3) is 0 Å². The van der Waals surface area contributed by atoms with Gasteiger partial charge in [0, 0.05) is 31.3 Å². The molecule has 3 atom stereocenters. The molecule has 7 nitrogen and oxygen atoms in total. The van der Waals surface area contributed by atoms with Gasteiger partial charge in [0.05, 0.1) is 18.1 Å². The normalized spacial score (nSPS) is 26.1. The van der Waals surface area contributed by atoms with Crippen molar-refractivity contribution in [2.24, 2.45) is 5.92 Å². The molecule has 2 saturated heterocycles. The van der Waals surface area contributed by atoms with E-state index in [1.165, 1.54) is 0 Å². The molecule has 2 amide bonds. The SMILES string of the molecule is C[C@H](NC(=O)[C@@H]1CC(=O)N(c2ccc3c(c2)OCO3)C1)[C@H]1CCCO1. The molecule has 2 fully saturated rings. The summed E-state index contributed by atoms with van der Waals surface area (Å²) in [7, 11) is 0. The molecule has 0 spiro atoms. The number of amides is 2. The molecule has 4 rings (SSSR count). The van der Waals surface area contributed by atoms with Crippen LogP contribution in [-0.4, -0.2) is 43.9 Å². The zero-order valence-corrected chi connectivity index (χ0v) is 14.2. The van der Waals surface area contributed by atoms with Crippen molar-refractivity contribution in [3.63, 3.8) is 0 Å². The standard InChI is InChI=1S/C18H22N2O5/c1-11(14-3-2-6-23-14)19-18(22)12-7-17(21)20(9-12)13-4-5-15-16(8-13)25-10-24-15/h4-5,8,11-12,14H,2-3,6-7,9-10H2,1H3,(H,19,22)/t11-,12+,14+/m0/s1. The molecule has 0 bridgehead atoms. The predicted molar refractivity (Wildman–Crippen MR) is 89.6 cm³/mol. The number of carbonyl (C=O) groups is 2. The summed E-state index contributed by atoms with van der Waals surface area (Å²) in [6, 6.07) is 5.36. The van der Waals surface area contributed by atoms with Crippen LogP contribution >= 0.6 is 0 Å². The second-order valence-electron chi connectivity index (χ2n) is 6.79. The molecule has 1 N–H and O–H groups in total. The first kappa shape index (κ1) is 16.2. The molecule has 7 heteroatoms. The number of fused-ring (bicyclic) bond motifs is 1. The Bertz CT molecular complexity index is 686. The van der Waals surface area contributed by atoms with Crippen LogP contribution in [0.15, 0.2) is 18.2 Å². The van der Waals surface area contributed by atoms with Crippen molar-refractivity contribution in [1.29, 1.82) is 0 Å². The zero-order chi connectivity index (χ0) is 17.4. The number of anilines is 1. The van der Waals surface area contributed by atoms with Crippen LogP contribution in [0.2, 0.25) is 0 Å². The molecular formula is C18H22N2O5. The average Bonchev–Trinajstić information content (AvgIpc) is 3.34. The Balaban J connectivity index is 1.40. The van der Waals surface area contributed by atoms with Gasteiger partial charge in [-0.1, -0.05) is 0 Å². The minimum absolute atomic E-state index is 0.0373. The fourth-order valence-corrected chi connectivity index (χ4v) is 3.62. The van der Waals surface area contributed by atoms with Crippen molar-refractivity contribution in [3.8, 4) is 11.5 Å². The Kier molecular flexibility index (Phi) is 4.25. The van der Waals surface area contributed by atoms with Gasteiger partial charge >= 0.3 is 0 Å². The topological polar surface area (TPSA) is 77.1 Å². The van der Waals surface area contributed by atoms with Gasteiger partial charge in [-0.25, -0.2) is 0 Å². The summed E-state index contributed by atoms with van der Waals surface area (Å²) in [5.74, 6) is 0.824. The van der Waals surface area contributed by atoms with Crippen molar-refractivity contribution in [2.75, 3.05) is 24.8 Å². The Labute approximate surface area is 146 Å². The number of ether oxygens (including phenoxy) is 3. The third-order valence-corrected chi connectivity index (χ3v) is 5.06. The largest absolute Gasteiger partial charge is 0.454 e. The van der Waals surface area contributed by atoms with Crippen molar-refractivity contribution in [2.45, 2.75) is 38.3 Å². The second-order valence-corrected chi connectivity index (χ2v) is 6.79. The summed E-state index contributed by atoms with van der Waals surface area (Å²) in [6.07, 6.45) is 2.29. The van der Waals surface area contributed by atoms with E-state index in [0.29, 0.717) is 18.0 Å². The molecule has 3 aliphatic rings. The number of hydrogen-bond acceptors (Lipinski definition) is 5. The Morgan fingerprint density at radius 2 is 2.16 bits per heavy atom. The lowest BCUT2D eigenvalue weighted by molar-refractivity contribution is -0.127. The lowest BCUT2D eigenvalue weighted by Crippen LogP contribution is -2.44. The van der Waals surface area contributed by atoms with Crippen LogP contribution in [0.4, 0.5) is 5.69 Å². The van der Waals surface area contributed by atoms with E-state index < -0.39 is 0 Å². The molecule has 0 aliphatic carbocycles. The lowest BCUT2D eigenvalue weighted by atomic mass is 10.1. The summed E-state index contributed by atoms with van der Waals surface area (Å²) in [5.41, 5.74) is 0.733. The Hall–Kier alpha value is -2.28. The van der Waals surface area contributed by atoms with E-state index in [1.54, 1.807) is 17.0 Å². The molecule has 0 unspecified atom stereocenters. The highest BCUT2D eigenvalue weighted by Gasteiger charge is 2.37. The van der Waals surface area contributed by atoms with Gasteiger partial charge in [-0.3, -0.25) is 9.59 Å². The van der Waals surface area contributed by atoms with Gasteiger partial charge < -0.3 is 24.4 Å². The van der Waals surface area contributed by atoms with Crippen LogP contribution in [0.5, 0.6) is 11.5 Å². The number of hydrogen-bond donors (Lipinski definition) is 1. The zero-order valence-electron chi connectivity index (χ0n) is 14.2. The molecule has 3 heterocycles. The molecule has 1 aromatic rings. The van der Waals surface area contributed by atoms with Crippen molar-refractivity contribution in [1.82, 2.24) is 5.32 Å². The minimum Gasteiger partial charge on any atom is -0.454 e. The summed E-state index contributed by atoms with van der Waals surface area (Å²) in [4.78, 5) is 26.6. The van der Waals surface area contributed by atoms with E-state index in [2.05, 4.69) is 5.32 Å². The Morgan fingerprint density at radius 3 is 2.96 bits per heavy atom. The third kappa shape index (κ3) is 3.16. The second kappa shape index (κ2) is 6.55. The maximum atomic E-state index is 12.5. The summed E-state index contributed by atoms with van der Waals surface area (Å²) >= 11 is 0. The van der Waals surface area contributed by atoms with Crippen LogP contribution in [0.25, 0.3) is 0 Å². The molecule has 0 radical (unpaired) electrons. The van der Waals surface area contributed by atoms with Gasteiger partial charge in [0.15, 0.2) is 11.5 Å². The van der Waals surface area contributed by atoms with Crippen LogP contribution < -0.4 is 19.7 Å². The first-order chi connectivity index (χ1) is 12.1.